The van der Waals surface area contributed by atoms with Crippen molar-refractivity contribution in [3.8, 4) is 0 Å². The number of rotatable bonds is 7. The van der Waals surface area contributed by atoms with Gasteiger partial charge >= 0.3 is 0 Å². The van der Waals surface area contributed by atoms with Crippen LogP contribution in [0.1, 0.15) is 35.5 Å². The second kappa shape index (κ2) is 7.75. The molecule has 6 heteroatoms. The zero-order valence-electron chi connectivity index (χ0n) is 13.3. The van der Waals surface area contributed by atoms with Gasteiger partial charge in [-0.05, 0) is 36.9 Å². The Balaban J connectivity index is 2.29. The molecule has 0 fully saturated rings. The number of aryl methyl sites for hydroxylation is 1. The molecular formula is C17H21NO3S2. The van der Waals surface area contributed by atoms with Crippen molar-refractivity contribution >= 4 is 27.1 Å². The van der Waals surface area contributed by atoms with E-state index in [1.807, 2.05) is 25.3 Å². The summed E-state index contributed by atoms with van der Waals surface area (Å²) in [6, 6.07) is 10.4. The van der Waals surface area contributed by atoms with E-state index in [1.54, 1.807) is 30.3 Å². The number of benzene rings is 1. The molecule has 0 aliphatic rings. The summed E-state index contributed by atoms with van der Waals surface area (Å²) in [4.78, 5) is 12.7. The van der Waals surface area contributed by atoms with Crippen molar-refractivity contribution in [2.75, 3.05) is 6.54 Å². The number of carbonyl (C=O) groups excluding carboxylic acids is 1. The molecule has 0 saturated heterocycles. The van der Waals surface area contributed by atoms with E-state index in [9.17, 15) is 13.2 Å². The summed E-state index contributed by atoms with van der Waals surface area (Å²) in [6.45, 7) is 3.92. The molecule has 2 rings (SSSR count). The zero-order valence-corrected chi connectivity index (χ0v) is 14.9. The predicted molar refractivity (Wildman–Crippen MR) is 93.3 cm³/mol. The van der Waals surface area contributed by atoms with Crippen LogP contribution in [0.25, 0.3) is 0 Å². The van der Waals surface area contributed by atoms with Gasteiger partial charge in [-0.15, -0.1) is 11.3 Å². The van der Waals surface area contributed by atoms with Gasteiger partial charge in [0.2, 0.25) is 5.91 Å². The Hall–Kier alpha value is -1.66. The average molecular weight is 351 g/mol. The van der Waals surface area contributed by atoms with E-state index in [-0.39, 0.29) is 17.3 Å². The molecule has 0 radical (unpaired) electrons. The molecule has 4 nitrogen and oxygen atoms in total. The van der Waals surface area contributed by atoms with Crippen LogP contribution in [0.15, 0.2) is 46.7 Å². The Morgan fingerprint density at radius 1 is 1.22 bits per heavy atom. The molecule has 0 saturated carbocycles. The SMILES string of the molecule is CCCC(=O)NC[C@H](c1cccs1)S(=O)(=O)c1ccc(C)cc1. The highest BCUT2D eigenvalue weighted by Crippen LogP contribution is 2.31. The third-order valence-corrected chi connectivity index (χ3v) is 6.78. The molecule has 0 aliphatic heterocycles. The maximum Gasteiger partial charge on any atom is 0.220 e. The normalized spacial score (nSPS) is 12.8. The van der Waals surface area contributed by atoms with Crippen molar-refractivity contribution in [1.82, 2.24) is 5.32 Å². The molecule has 0 aliphatic carbocycles. The van der Waals surface area contributed by atoms with E-state index >= 15 is 0 Å². The summed E-state index contributed by atoms with van der Waals surface area (Å²) in [7, 11) is -3.56. The number of amides is 1. The molecule has 23 heavy (non-hydrogen) atoms. The summed E-state index contributed by atoms with van der Waals surface area (Å²) in [5.41, 5.74) is 1.01. The highest BCUT2D eigenvalue weighted by molar-refractivity contribution is 7.91. The monoisotopic (exact) mass is 351 g/mol. The number of thiophene rings is 1. The highest BCUT2D eigenvalue weighted by Gasteiger charge is 2.30. The lowest BCUT2D eigenvalue weighted by atomic mass is 10.2. The Morgan fingerprint density at radius 3 is 2.48 bits per heavy atom. The first-order valence-electron chi connectivity index (χ1n) is 7.55. The fourth-order valence-corrected chi connectivity index (χ4v) is 5.04. The van der Waals surface area contributed by atoms with Gasteiger partial charge in [0.25, 0.3) is 0 Å². The topological polar surface area (TPSA) is 63.2 Å². The smallest absolute Gasteiger partial charge is 0.220 e. The predicted octanol–water partition coefficient (Wildman–Crippen LogP) is 3.49. The van der Waals surface area contributed by atoms with E-state index < -0.39 is 15.1 Å². The molecule has 1 atom stereocenters. The molecule has 1 heterocycles. The van der Waals surface area contributed by atoms with Gasteiger partial charge in [0.05, 0.1) is 4.90 Å². The van der Waals surface area contributed by atoms with Crippen LogP contribution in [0.2, 0.25) is 0 Å². The quantitative estimate of drug-likeness (QED) is 0.830. The minimum Gasteiger partial charge on any atom is -0.354 e. The first-order chi connectivity index (χ1) is 10.9. The van der Waals surface area contributed by atoms with Crippen LogP contribution in [0.4, 0.5) is 0 Å². The van der Waals surface area contributed by atoms with Gasteiger partial charge in [0, 0.05) is 17.8 Å². The van der Waals surface area contributed by atoms with Crippen molar-refractivity contribution < 1.29 is 13.2 Å². The average Bonchev–Trinajstić information content (AvgIpc) is 3.02. The summed E-state index contributed by atoms with van der Waals surface area (Å²) < 4.78 is 25.9. The number of hydrogen-bond acceptors (Lipinski definition) is 4. The van der Waals surface area contributed by atoms with Gasteiger partial charge in [-0.2, -0.15) is 0 Å². The summed E-state index contributed by atoms with van der Waals surface area (Å²) in [5.74, 6) is -0.117. The lowest BCUT2D eigenvalue weighted by Crippen LogP contribution is -2.31. The van der Waals surface area contributed by atoms with Gasteiger partial charge in [-0.25, -0.2) is 8.42 Å². The second-order valence-electron chi connectivity index (χ2n) is 5.42. The lowest BCUT2D eigenvalue weighted by Gasteiger charge is -2.17. The van der Waals surface area contributed by atoms with E-state index in [4.69, 9.17) is 0 Å². The minimum absolute atomic E-state index is 0.0928. The van der Waals surface area contributed by atoms with E-state index in [2.05, 4.69) is 5.32 Å². The number of hydrogen-bond donors (Lipinski definition) is 1. The molecule has 1 N–H and O–H groups in total. The Labute approximate surface area is 141 Å². The molecule has 0 bridgehead atoms. The fraction of sp³-hybridized carbons (Fsp3) is 0.353. The Kier molecular flexibility index (Phi) is 5.96. The minimum atomic E-state index is -3.56. The van der Waals surface area contributed by atoms with Crippen molar-refractivity contribution in [2.24, 2.45) is 0 Å². The first kappa shape index (κ1) is 17.7. The van der Waals surface area contributed by atoms with Crippen LogP contribution in [-0.4, -0.2) is 20.9 Å². The summed E-state index contributed by atoms with van der Waals surface area (Å²) >= 11 is 1.39. The molecule has 0 unspecified atom stereocenters. The van der Waals surface area contributed by atoms with Gasteiger partial charge in [-0.1, -0.05) is 30.7 Å². The molecule has 2 aromatic rings. The van der Waals surface area contributed by atoms with Crippen molar-refractivity contribution in [3.05, 3.63) is 52.2 Å². The fourth-order valence-electron chi connectivity index (χ4n) is 2.25. The van der Waals surface area contributed by atoms with Gasteiger partial charge in [0.15, 0.2) is 9.84 Å². The standard InChI is InChI=1S/C17H21NO3S2/c1-3-5-17(19)18-12-16(15-6-4-11-22-15)23(20,21)14-9-7-13(2)8-10-14/h4,6-11,16H,3,5,12H2,1-2H3,(H,18,19)/t16-/m1/s1. The van der Waals surface area contributed by atoms with Crippen LogP contribution >= 0.6 is 11.3 Å². The molecule has 0 spiro atoms. The van der Waals surface area contributed by atoms with Crippen LogP contribution in [0.5, 0.6) is 0 Å². The van der Waals surface area contributed by atoms with Crippen molar-refractivity contribution in [2.45, 2.75) is 36.8 Å². The molecule has 124 valence electrons. The van der Waals surface area contributed by atoms with Crippen molar-refractivity contribution in [3.63, 3.8) is 0 Å². The third kappa shape index (κ3) is 4.42. The van der Waals surface area contributed by atoms with Crippen LogP contribution in [0.3, 0.4) is 0 Å². The zero-order chi connectivity index (χ0) is 16.9. The molecule has 1 aromatic carbocycles. The number of sulfone groups is 1. The highest BCUT2D eigenvalue weighted by atomic mass is 32.2. The number of carbonyl (C=O) groups is 1. The van der Waals surface area contributed by atoms with E-state index in [0.717, 1.165) is 16.9 Å². The maximum atomic E-state index is 13.0. The molecule has 1 aromatic heterocycles. The molecular weight excluding hydrogens is 330 g/mol. The van der Waals surface area contributed by atoms with Crippen LogP contribution in [0, 0.1) is 6.92 Å². The largest absolute Gasteiger partial charge is 0.354 e. The number of nitrogens with one attached hydrogen (secondary N) is 1. The van der Waals surface area contributed by atoms with Gasteiger partial charge in [-0.3, -0.25) is 4.79 Å². The van der Waals surface area contributed by atoms with Gasteiger partial charge < -0.3 is 5.32 Å². The van der Waals surface area contributed by atoms with E-state index in [0.29, 0.717) is 6.42 Å². The van der Waals surface area contributed by atoms with Crippen LogP contribution < -0.4 is 5.32 Å². The lowest BCUT2D eigenvalue weighted by molar-refractivity contribution is -0.121. The maximum absolute atomic E-state index is 13.0. The third-order valence-electron chi connectivity index (χ3n) is 3.55. The molecule has 1 amide bonds. The van der Waals surface area contributed by atoms with Crippen LogP contribution in [-0.2, 0) is 14.6 Å². The second-order valence-corrected chi connectivity index (χ2v) is 8.53. The summed E-state index contributed by atoms with van der Waals surface area (Å²) in [6.07, 6.45) is 1.14. The van der Waals surface area contributed by atoms with E-state index in [1.165, 1.54) is 11.3 Å². The Bertz CT molecular complexity index is 735. The Morgan fingerprint density at radius 2 is 1.91 bits per heavy atom. The van der Waals surface area contributed by atoms with Gasteiger partial charge in [0.1, 0.15) is 5.25 Å². The van der Waals surface area contributed by atoms with Crippen molar-refractivity contribution in [1.29, 1.82) is 0 Å². The summed E-state index contributed by atoms with van der Waals surface area (Å²) in [5, 5.41) is 3.84. The first-order valence-corrected chi connectivity index (χ1v) is 9.98.